The van der Waals surface area contributed by atoms with Crippen molar-refractivity contribution in [2.24, 2.45) is 0 Å². The van der Waals surface area contributed by atoms with Gasteiger partial charge in [0.2, 0.25) is 0 Å². The van der Waals surface area contributed by atoms with Gasteiger partial charge in [-0.2, -0.15) is 0 Å². The summed E-state index contributed by atoms with van der Waals surface area (Å²) in [6, 6.07) is 157. The maximum Gasteiger partial charge on any atom is 1.00 e. The van der Waals surface area contributed by atoms with Gasteiger partial charge in [-0.05, 0) is 190 Å². The monoisotopic (exact) mass is 1940 g/mol. The smallest absolute Gasteiger partial charge is 1.00 e. The van der Waals surface area contributed by atoms with Crippen molar-refractivity contribution in [2.75, 3.05) is 0 Å². The van der Waals surface area contributed by atoms with E-state index in [1.807, 2.05) is 63.2 Å². The second kappa shape index (κ2) is 56.8. The third-order valence-electron chi connectivity index (χ3n) is 19.2. The molecule has 0 spiro atoms. The van der Waals surface area contributed by atoms with Crippen LogP contribution in [0.5, 0.6) is 0 Å². The molecule has 0 radical (unpaired) electrons. The van der Waals surface area contributed by atoms with Gasteiger partial charge in [0.05, 0.1) is 26.8 Å². The molecule has 0 aliphatic heterocycles. The van der Waals surface area contributed by atoms with E-state index in [1.165, 1.54) is 74.8 Å². The molecule has 0 saturated carbocycles. The van der Waals surface area contributed by atoms with Crippen molar-refractivity contribution in [1.82, 2.24) is 9.97 Å². The SMILES string of the molecule is Cc1cc(C)cc(-c2cc(Cl)c3c(C)cccc3n2)c1.Cc1cc(C)cc(B(O)O)c1.Cc1cccc2nc(Cl)cc(Cl)c12.O=CO[O-].[H-].[K+].[K+].[Pd].c1ccc(P(c2ccccc2)c2ccccc2)cc1.c1ccc(P(c2ccccc2)c2ccccc2)cc1.c1ccc(P(c2ccccc2)c2ccccc2)cc1.c1ccc(P(c2ccccc2)c2ccccc2)cc1. The van der Waals surface area contributed by atoms with Crippen LogP contribution >= 0.6 is 66.5 Å². The number of aryl methyl sites for hydroxylation is 6. The number of benzene rings is 16. The third kappa shape index (κ3) is 32.7. The molecule has 0 bridgehead atoms. The Bertz CT molecular complexity index is 5350. The zero-order valence-corrected chi connectivity index (χ0v) is 85.8. The molecule has 0 aliphatic carbocycles. The van der Waals surface area contributed by atoms with E-state index >= 15 is 0 Å². The van der Waals surface area contributed by atoms with Crippen molar-refractivity contribution in [3.05, 3.63) is 497 Å². The zero-order valence-electron chi connectivity index (χ0n) is 73.1. The maximum atomic E-state index is 8.83. The third-order valence-corrected chi connectivity index (χ3v) is 29.8. The first-order chi connectivity index (χ1) is 60.5. The first-order valence-corrected chi connectivity index (χ1v) is 46.9. The van der Waals surface area contributed by atoms with Gasteiger partial charge < -0.3 is 21.6 Å². The van der Waals surface area contributed by atoms with Crippen LogP contribution in [0.25, 0.3) is 33.1 Å². The average Bonchev–Trinajstić information content (AvgIpc) is 0.761. The number of fused-ring (bicyclic) bond motifs is 2. The maximum absolute atomic E-state index is 8.83. The van der Waals surface area contributed by atoms with Crippen molar-refractivity contribution < 1.29 is 150 Å². The summed E-state index contributed by atoms with van der Waals surface area (Å²) < 4.78 is 0. The molecule has 0 atom stereocenters. The van der Waals surface area contributed by atoms with Crippen LogP contribution in [0.3, 0.4) is 0 Å². The first-order valence-electron chi connectivity index (χ1n) is 40.4. The molecule has 0 saturated heterocycles. The molecule has 2 N–H and O–H groups in total. The van der Waals surface area contributed by atoms with Crippen LogP contribution in [0, 0.1) is 41.5 Å². The Kier molecular flexibility index (Phi) is 46.8. The zero-order chi connectivity index (χ0) is 87.2. The molecule has 18 rings (SSSR count). The van der Waals surface area contributed by atoms with Gasteiger partial charge in [0.15, 0.2) is 0 Å². The molecule has 127 heavy (non-hydrogen) atoms. The fourth-order valence-corrected chi connectivity index (χ4v) is 24.1. The van der Waals surface area contributed by atoms with Crippen molar-refractivity contribution >= 4 is 171 Å². The molecule has 16 aromatic carbocycles. The Morgan fingerprint density at radius 3 is 0.717 bits per heavy atom. The molecule has 18 heteroatoms. The summed E-state index contributed by atoms with van der Waals surface area (Å²) in [6.45, 7) is 11.9. The summed E-state index contributed by atoms with van der Waals surface area (Å²) in [5.74, 6) is 0. The van der Waals surface area contributed by atoms with Crippen LogP contribution in [0.15, 0.2) is 449 Å². The van der Waals surface area contributed by atoms with Crippen LogP contribution in [-0.2, 0) is 30.1 Å². The second-order valence-electron chi connectivity index (χ2n) is 28.6. The van der Waals surface area contributed by atoms with Gasteiger partial charge in [0, 0.05) is 36.8 Å². The number of carbonyl (C=O) groups excluding carboxylic acids is 1. The fourth-order valence-electron chi connectivity index (χ4n) is 13.9. The molecule has 18 aromatic rings. The van der Waals surface area contributed by atoms with E-state index in [0.717, 1.165) is 60.3 Å². The summed E-state index contributed by atoms with van der Waals surface area (Å²) in [5.41, 5.74) is 11.3. The van der Waals surface area contributed by atoms with Crippen molar-refractivity contribution in [3.63, 3.8) is 0 Å². The number of pyridine rings is 2. The standard InChI is InChI=1S/C18H16ClN.4C18H15P.C10H7Cl2N.C8H11BO2.CH2O3.2K.Pd.H/c1-11-7-12(2)9-14(8-11)17-10-15(19)18-13(3)5-4-6-16(18)20-17;4*1-4-10-16(11-5-1)19(17-12-6-2-7-13-17)18-14-8-3-9-15-18;1-6-3-2-4-8-10(6)7(11)5-9(12)13-8;1-6-3-7(2)5-8(4-6)9(10)11;2-1-4-3;;;;/h4-10H,1-3H3;4*1-15H;2-5H,1H3;3-5,10-11H,1-2H3;1,3H;;;;/q;;;;;;;;2*+1;;-1/p-1. The molecule has 0 aliphatic rings. The number of halogens is 3. The van der Waals surface area contributed by atoms with Gasteiger partial charge in [-0.25, -0.2) is 9.97 Å². The van der Waals surface area contributed by atoms with Gasteiger partial charge in [-0.1, -0.05) is 470 Å². The minimum Gasteiger partial charge on any atom is -1.00 e. The minimum atomic E-state index is -1.35. The Morgan fingerprint density at radius 1 is 0.299 bits per heavy atom. The molecular formula is C109H96BCl3K2N2O5P4Pd. The van der Waals surface area contributed by atoms with Gasteiger partial charge >= 0.3 is 110 Å². The van der Waals surface area contributed by atoms with E-state index in [1.54, 1.807) is 18.2 Å². The van der Waals surface area contributed by atoms with Crippen LogP contribution in [-0.4, -0.2) is 33.6 Å². The number of nitrogens with zero attached hydrogens (tertiary/aromatic N) is 2. The van der Waals surface area contributed by atoms with Gasteiger partial charge in [0.1, 0.15) is 5.15 Å². The van der Waals surface area contributed by atoms with Crippen LogP contribution in [0.2, 0.25) is 15.2 Å². The fraction of sp³-hybridized carbons (Fsp3) is 0.0550. The molecule has 7 nitrogen and oxygen atoms in total. The summed E-state index contributed by atoms with van der Waals surface area (Å²) >= 11 is 18.3. The van der Waals surface area contributed by atoms with Crippen LogP contribution < -0.4 is 177 Å². The van der Waals surface area contributed by atoms with E-state index in [9.17, 15) is 0 Å². The minimum absolute atomic E-state index is 0. The number of hydrogen-bond donors (Lipinski definition) is 2. The normalized spacial score (nSPS) is 10.2. The largest absolute Gasteiger partial charge is 1.00 e. The number of aromatic nitrogens is 2. The van der Waals surface area contributed by atoms with E-state index in [2.05, 4.69) is 419 Å². The number of hydrogen-bond acceptors (Lipinski definition) is 7. The van der Waals surface area contributed by atoms with E-state index in [-0.39, 0.29) is 131 Å². The van der Waals surface area contributed by atoms with Gasteiger partial charge in [-0.3, -0.25) is 4.79 Å². The van der Waals surface area contributed by atoms with Gasteiger partial charge in [-0.15, -0.1) is 0 Å². The number of carbonyl (C=O) groups is 1. The summed E-state index contributed by atoms with van der Waals surface area (Å²) in [5, 5.41) is 46.7. The Labute approximate surface area is 869 Å². The molecule has 0 unspecified atom stereocenters. The number of rotatable bonds is 15. The predicted octanol–water partition coefficient (Wildman–Crippen LogP) is 15.6. The van der Waals surface area contributed by atoms with Crippen LogP contribution in [0.4, 0.5) is 0 Å². The summed E-state index contributed by atoms with van der Waals surface area (Å²) in [4.78, 5) is 20.2. The average molecular weight is 1940 g/mol. The molecule has 628 valence electrons. The molecular weight excluding hydrogens is 1840 g/mol. The van der Waals surface area contributed by atoms with Crippen LogP contribution in [0.1, 0.15) is 34.8 Å². The summed E-state index contributed by atoms with van der Waals surface area (Å²) in [7, 11) is -3.14. The summed E-state index contributed by atoms with van der Waals surface area (Å²) in [6.07, 6.45) is 0. The predicted molar refractivity (Wildman–Crippen MR) is 537 cm³/mol. The second-order valence-corrected chi connectivity index (χ2v) is 38.7. The van der Waals surface area contributed by atoms with Crippen molar-refractivity contribution in [3.8, 4) is 11.3 Å². The Hall–Kier alpha value is -7.72. The van der Waals surface area contributed by atoms with Gasteiger partial charge in [0.25, 0.3) is 6.47 Å². The van der Waals surface area contributed by atoms with E-state index in [4.69, 9.17) is 59.9 Å². The quantitative estimate of drug-likeness (QED) is 0.0262. The molecule has 2 aromatic heterocycles. The van der Waals surface area contributed by atoms with E-state index < -0.39 is 38.8 Å². The van der Waals surface area contributed by atoms with Crippen molar-refractivity contribution in [1.29, 1.82) is 0 Å². The topological polar surface area (TPSA) is 116 Å². The first kappa shape index (κ1) is 105. The van der Waals surface area contributed by atoms with E-state index in [0.29, 0.717) is 15.6 Å². The molecule has 0 amide bonds. The molecule has 0 fully saturated rings. The van der Waals surface area contributed by atoms with Crippen molar-refractivity contribution in [2.45, 2.75) is 41.5 Å². The molecule has 2 heterocycles. The Morgan fingerprint density at radius 2 is 0.504 bits per heavy atom. The Balaban J connectivity index is 0.000000203.